The van der Waals surface area contributed by atoms with E-state index in [1.807, 2.05) is 0 Å². The van der Waals surface area contributed by atoms with Gasteiger partial charge in [0.15, 0.2) is 0 Å². The third-order valence-electron chi connectivity index (χ3n) is 3.13. The zero-order valence-corrected chi connectivity index (χ0v) is 7.27. The Morgan fingerprint density at radius 3 is 3.00 bits per heavy atom. The second-order valence-corrected chi connectivity index (χ2v) is 3.91. The largest absolute Gasteiger partial charge is 0.388 e. The lowest BCUT2D eigenvalue weighted by molar-refractivity contribution is 0.445. The van der Waals surface area contributed by atoms with E-state index in [4.69, 9.17) is 0 Å². The first-order valence-electron chi connectivity index (χ1n) is 4.80. The van der Waals surface area contributed by atoms with Gasteiger partial charge in [0.2, 0.25) is 0 Å². The Balaban J connectivity index is 2.06. The zero-order valence-electron chi connectivity index (χ0n) is 7.27. The van der Waals surface area contributed by atoms with Crippen molar-refractivity contribution in [1.29, 1.82) is 0 Å². The Bertz CT molecular complexity index is 172. The Labute approximate surface area is 68.9 Å². The standard InChI is InChI=1S/C10H17N/c1-8-7-11-10-6-4-2-3-5-9(8)10/h7,9-11H,2-6H2,1H3. The van der Waals surface area contributed by atoms with E-state index in [2.05, 4.69) is 18.4 Å². The van der Waals surface area contributed by atoms with Gasteiger partial charge in [0.25, 0.3) is 0 Å². The van der Waals surface area contributed by atoms with E-state index in [1.54, 1.807) is 5.57 Å². The van der Waals surface area contributed by atoms with Crippen LogP contribution in [0.1, 0.15) is 39.0 Å². The quantitative estimate of drug-likeness (QED) is 0.560. The average Bonchev–Trinajstić information content (AvgIpc) is 2.25. The highest BCUT2D eigenvalue weighted by molar-refractivity contribution is 5.13. The first-order valence-corrected chi connectivity index (χ1v) is 4.80. The van der Waals surface area contributed by atoms with E-state index >= 15 is 0 Å². The van der Waals surface area contributed by atoms with Crippen molar-refractivity contribution >= 4 is 0 Å². The van der Waals surface area contributed by atoms with Crippen LogP contribution in [0.5, 0.6) is 0 Å². The van der Waals surface area contributed by atoms with Crippen LogP contribution in [0.25, 0.3) is 0 Å². The van der Waals surface area contributed by atoms with E-state index in [0.717, 1.165) is 12.0 Å². The predicted octanol–water partition coefficient (Wildman–Crippen LogP) is 2.44. The maximum absolute atomic E-state index is 3.49. The van der Waals surface area contributed by atoms with Gasteiger partial charge in [-0.05, 0) is 26.0 Å². The molecule has 1 aliphatic heterocycles. The predicted molar refractivity (Wildman–Crippen MR) is 47.3 cm³/mol. The highest BCUT2D eigenvalue weighted by Crippen LogP contribution is 2.31. The second-order valence-electron chi connectivity index (χ2n) is 3.91. The van der Waals surface area contributed by atoms with Gasteiger partial charge in [-0.3, -0.25) is 0 Å². The van der Waals surface area contributed by atoms with Crippen LogP contribution in [0, 0.1) is 5.92 Å². The molecular formula is C10H17N. The highest BCUT2D eigenvalue weighted by atomic mass is 14.9. The Morgan fingerprint density at radius 2 is 2.09 bits per heavy atom. The van der Waals surface area contributed by atoms with Crippen molar-refractivity contribution in [2.75, 3.05) is 0 Å². The molecule has 1 N–H and O–H groups in total. The third kappa shape index (κ3) is 1.29. The maximum Gasteiger partial charge on any atom is 0.0321 e. The van der Waals surface area contributed by atoms with E-state index in [1.165, 1.54) is 32.1 Å². The first-order chi connectivity index (χ1) is 5.38. The van der Waals surface area contributed by atoms with Crippen molar-refractivity contribution in [3.05, 3.63) is 11.8 Å². The highest BCUT2D eigenvalue weighted by Gasteiger charge is 2.27. The molecule has 2 unspecified atom stereocenters. The first kappa shape index (κ1) is 7.20. The van der Waals surface area contributed by atoms with Gasteiger partial charge in [-0.15, -0.1) is 0 Å². The molecule has 0 saturated heterocycles. The van der Waals surface area contributed by atoms with Gasteiger partial charge in [0.05, 0.1) is 0 Å². The van der Waals surface area contributed by atoms with E-state index in [0.29, 0.717) is 0 Å². The van der Waals surface area contributed by atoms with Crippen molar-refractivity contribution in [3.8, 4) is 0 Å². The molecule has 1 aliphatic carbocycles. The van der Waals surface area contributed by atoms with Crippen molar-refractivity contribution in [1.82, 2.24) is 5.32 Å². The average molecular weight is 151 g/mol. The summed E-state index contributed by atoms with van der Waals surface area (Å²) >= 11 is 0. The summed E-state index contributed by atoms with van der Waals surface area (Å²) in [5, 5.41) is 3.49. The molecule has 1 nitrogen and oxygen atoms in total. The minimum atomic E-state index is 0.789. The number of fused-ring (bicyclic) bond motifs is 1. The van der Waals surface area contributed by atoms with Gasteiger partial charge >= 0.3 is 0 Å². The van der Waals surface area contributed by atoms with Crippen LogP contribution in [0.15, 0.2) is 11.8 Å². The van der Waals surface area contributed by atoms with E-state index in [9.17, 15) is 0 Å². The van der Waals surface area contributed by atoms with Crippen LogP contribution < -0.4 is 5.32 Å². The molecule has 0 spiro atoms. The summed E-state index contributed by atoms with van der Waals surface area (Å²) in [4.78, 5) is 0. The summed E-state index contributed by atoms with van der Waals surface area (Å²) in [7, 11) is 0. The monoisotopic (exact) mass is 151 g/mol. The minimum absolute atomic E-state index is 0.789. The van der Waals surface area contributed by atoms with Crippen molar-refractivity contribution in [2.24, 2.45) is 5.92 Å². The van der Waals surface area contributed by atoms with Crippen molar-refractivity contribution in [3.63, 3.8) is 0 Å². The van der Waals surface area contributed by atoms with Gasteiger partial charge in [0, 0.05) is 12.0 Å². The van der Waals surface area contributed by atoms with Gasteiger partial charge < -0.3 is 5.32 Å². The number of hydrogen-bond donors (Lipinski definition) is 1. The molecule has 0 amide bonds. The summed E-state index contributed by atoms with van der Waals surface area (Å²) in [6.45, 7) is 2.27. The summed E-state index contributed by atoms with van der Waals surface area (Å²) < 4.78 is 0. The van der Waals surface area contributed by atoms with Crippen LogP contribution in [0.3, 0.4) is 0 Å². The Hall–Kier alpha value is -0.460. The molecule has 11 heavy (non-hydrogen) atoms. The van der Waals surface area contributed by atoms with Gasteiger partial charge in [0.1, 0.15) is 0 Å². The topological polar surface area (TPSA) is 12.0 Å². The third-order valence-corrected chi connectivity index (χ3v) is 3.13. The second kappa shape index (κ2) is 2.88. The molecule has 1 fully saturated rings. The van der Waals surface area contributed by atoms with Crippen molar-refractivity contribution < 1.29 is 0 Å². The summed E-state index contributed by atoms with van der Waals surface area (Å²) in [6.07, 6.45) is 9.34. The summed E-state index contributed by atoms with van der Waals surface area (Å²) in [5.41, 5.74) is 1.58. The fourth-order valence-electron chi connectivity index (χ4n) is 2.40. The normalized spacial score (nSPS) is 37.0. The lowest BCUT2D eigenvalue weighted by Crippen LogP contribution is -2.25. The molecule has 2 atom stereocenters. The van der Waals surface area contributed by atoms with Crippen LogP contribution in [-0.4, -0.2) is 6.04 Å². The fourth-order valence-corrected chi connectivity index (χ4v) is 2.40. The molecule has 0 aromatic carbocycles. The fraction of sp³-hybridized carbons (Fsp3) is 0.800. The molecule has 0 bridgehead atoms. The smallest absolute Gasteiger partial charge is 0.0321 e. The van der Waals surface area contributed by atoms with Crippen LogP contribution in [-0.2, 0) is 0 Å². The molecule has 2 rings (SSSR count). The van der Waals surface area contributed by atoms with Gasteiger partial charge in [-0.2, -0.15) is 0 Å². The molecule has 1 saturated carbocycles. The van der Waals surface area contributed by atoms with Gasteiger partial charge in [-0.1, -0.05) is 24.8 Å². The molecule has 0 aromatic heterocycles. The van der Waals surface area contributed by atoms with Crippen LogP contribution >= 0.6 is 0 Å². The molecule has 0 radical (unpaired) electrons. The molecule has 2 aliphatic rings. The van der Waals surface area contributed by atoms with E-state index < -0.39 is 0 Å². The van der Waals surface area contributed by atoms with E-state index in [-0.39, 0.29) is 0 Å². The minimum Gasteiger partial charge on any atom is -0.388 e. The number of nitrogens with one attached hydrogen (secondary N) is 1. The maximum atomic E-state index is 3.49. The molecule has 1 heterocycles. The Morgan fingerprint density at radius 1 is 1.27 bits per heavy atom. The Kier molecular flexibility index (Phi) is 1.89. The van der Waals surface area contributed by atoms with Crippen LogP contribution in [0.2, 0.25) is 0 Å². The van der Waals surface area contributed by atoms with Gasteiger partial charge in [-0.25, -0.2) is 0 Å². The lowest BCUT2D eigenvalue weighted by atomic mass is 9.92. The molecular weight excluding hydrogens is 134 g/mol. The summed E-state index contributed by atoms with van der Waals surface area (Å²) in [5.74, 6) is 0.873. The van der Waals surface area contributed by atoms with Crippen LogP contribution in [0.4, 0.5) is 0 Å². The van der Waals surface area contributed by atoms with Crippen molar-refractivity contribution in [2.45, 2.75) is 45.1 Å². The number of rotatable bonds is 0. The molecule has 1 heteroatoms. The SMILES string of the molecule is CC1=CNC2CCCCCC12. The summed E-state index contributed by atoms with van der Waals surface area (Å²) in [6, 6.07) is 0.789. The lowest BCUT2D eigenvalue weighted by Gasteiger charge is -2.17. The molecule has 0 aromatic rings. The zero-order chi connectivity index (χ0) is 7.68. The number of hydrogen-bond acceptors (Lipinski definition) is 1. The molecule has 62 valence electrons.